The molecule has 0 radical (unpaired) electrons. The van der Waals surface area contributed by atoms with Gasteiger partial charge in [0.2, 0.25) is 0 Å². The second-order valence-electron chi connectivity index (χ2n) is 5.04. The van der Waals surface area contributed by atoms with Gasteiger partial charge >= 0.3 is 0 Å². The van der Waals surface area contributed by atoms with Crippen LogP contribution in [0.25, 0.3) is 0 Å². The topological polar surface area (TPSA) is 68.0 Å². The van der Waals surface area contributed by atoms with Crippen LogP contribution in [0.3, 0.4) is 0 Å². The predicted octanol–water partition coefficient (Wildman–Crippen LogP) is 2.24. The highest BCUT2D eigenvalue weighted by Crippen LogP contribution is 2.39. The molecule has 1 fully saturated rings. The number of aromatic nitrogens is 1. The maximum Gasteiger partial charge on any atom is 0.253 e. The van der Waals surface area contributed by atoms with Crippen LogP contribution in [0.15, 0.2) is 12.3 Å². The van der Waals surface area contributed by atoms with Gasteiger partial charge in [-0.15, -0.1) is 0 Å². The fourth-order valence-corrected chi connectivity index (χ4v) is 2.09. The maximum absolute atomic E-state index is 12.1. The highest BCUT2D eigenvalue weighted by Gasteiger charge is 2.39. The van der Waals surface area contributed by atoms with E-state index in [9.17, 15) is 4.79 Å². The number of carbonyl (C=O) groups excluding carboxylic acids is 1. The van der Waals surface area contributed by atoms with Crippen molar-refractivity contribution in [1.82, 2.24) is 10.3 Å². The molecule has 3 N–H and O–H groups in total. The van der Waals surface area contributed by atoms with Gasteiger partial charge < -0.3 is 11.1 Å². The fraction of sp³-hybridized carbons (Fsp3) is 0.500. The number of nitrogens with two attached hydrogens (primary N) is 1. The van der Waals surface area contributed by atoms with Gasteiger partial charge in [-0.2, -0.15) is 0 Å². The Labute approximate surface area is 106 Å². The molecule has 0 spiro atoms. The van der Waals surface area contributed by atoms with Gasteiger partial charge in [-0.1, -0.05) is 11.6 Å². The average molecular weight is 254 g/mol. The van der Waals surface area contributed by atoms with E-state index in [0.717, 1.165) is 0 Å². The lowest BCUT2D eigenvalue weighted by molar-refractivity contribution is 0.0903. The van der Waals surface area contributed by atoms with Gasteiger partial charge in [0.25, 0.3) is 5.91 Å². The smallest absolute Gasteiger partial charge is 0.253 e. The molecule has 5 heteroatoms. The summed E-state index contributed by atoms with van der Waals surface area (Å²) in [7, 11) is 0. The molecule has 1 aliphatic carbocycles. The van der Waals surface area contributed by atoms with E-state index in [2.05, 4.69) is 10.3 Å². The second-order valence-corrected chi connectivity index (χ2v) is 5.45. The number of rotatable bonds is 3. The summed E-state index contributed by atoms with van der Waals surface area (Å²) in [4.78, 5) is 15.9. The summed E-state index contributed by atoms with van der Waals surface area (Å²) >= 11 is 5.94. The third-order valence-corrected chi connectivity index (χ3v) is 3.46. The van der Waals surface area contributed by atoms with Gasteiger partial charge in [-0.25, -0.2) is 4.98 Å². The maximum atomic E-state index is 12.1. The molecule has 1 saturated carbocycles. The molecule has 1 aromatic rings. The number of halogens is 1. The number of hydrogen-bond acceptors (Lipinski definition) is 3. The third-order valence-electron chi connectivity index (χ3n) is 3.15. The molecule has 1 aliphatic rings. The van der Waals surface area contributed by atoms with Crippen molar-refractivity contribution in [3.05, 3.63) is 22.8 Å². The minimum absolute atomic E-state index is 0.194. The lowest BCUT2D eigenvalue weighted by Crippen LogP contribution is -2.45. The molecule has 17 heavy (non-hydrogen) atoms. The van der Waals surface area contributed by atoms with Crippen LogP contribution in [0.1, 0.15) is 37.0 Å². The zero-order valence-corrected chi connectivity index (χ0v) is 10.7. The Hall–Kier alpha value is -1.29. The van der Waals surface area contributed by atoms with Gasteiger partial charge in [0.05, 0.1) is 10.6 Å². The van der Waals surface area contributed by atoms with E-state index < -0.39 is 0 Å². The van der Waals surface area contributed by atoms with Crippen LogP contribution in [0.2, 0.25) is 5.02 Å². The van der Waals surface area contributed by atoms with Crippen molar-refractivity contribution in [1.29, 1.82) is 0 Å². The largest absolute Gasteiger partial charge is 0.384 e. The molecule has 1 heterocycles. The number of carbonyl (C=O) groups is 1. The molecule has 0 unspecified atom stereocenters. The number of nitrogens with zero attached hydrogens (tertiary/aromatic N) is 1. The normalized spacial score (nSPS) is 15.7. The van der Waals surface area contributed by atoms with Crippen LogP contribution in [0, 0.1) is 5.92 Å². The van der Waals surface area contributed by atoms with Crippen molar-refractivity contribution in [3.8, 4) is 0 Å². The summed E-state index contributed by atoms with van der Waals surface area (Å²) in [5.41, 5.74) is 5.74. The predicted molar refractivity (Wildman–Crippen MR) is 67.9 cm³/mol. The summed E-state index contributed by atoms with van der Waals surface area (Å²) in [5.74, 6) is 0.661. The monoisotopic (exact) mass is 253 g/mol. The number of anilines is 1. The summed E-state index contributed by atoms with van der Waals surface area (Å²) in [6.45, 7) is 4.06. The quantitative estimate of drug-likeness (QED) is 0.868. The van der Waals surface area contributed by atoms with Crippen LogP contribution in [0.5, 0.6) is 0 Å². The van der Waals surface area contributed by atoms with Gasteiger partial charge in [-0.05, 0) is 38.7 Å². The number of nitrogens with one attached hydrogen (secondary N) is 1. The first-order valence-electron chi connectivity index (χ1n) is 5.63. The molecule has 92 valence electrons. The molecule has 0 aromatic carbocycles. The molecule has 0 atom stereocenters. The van der Waals surface area contributed by atoms with E-state index in [1.54, 1.807) is 0 Å². The van der Waals surface area contributed by atoms with Gasteiger partial charge in [0.1, 0.15) is 5.82 Å². The van der Waals surface area contributed by atoms with Gasteiger partial charge in [-0.3, -0.25) is 4.79 Å². The lowest BCUT2D eigenvalue weighted by Gasteiger charge is -2.26. The molecule has 0 saturated heterocycles. The van der Waals surface area contributed by atoms with Crippen molar-refractivity contribution in [2.75, 3.05) is 5.73 Å². The molecule has 0 aliphatic heterocycles. The Balaban J connectivity index is 2.16. The van der Waals surface area contributed by atoms with E-state index in [-0.39, 0.29) is 11.4 Å². The van der Waals surface area contributed by atoms with Crippen molar-refractivity contribution < 1.29 is 4.79 Å². The summed E-state index contributed by atoms with van der Waals surface area (Å²) in [5, 5.41) is 3.32. The minimum Gasteiger partial charge on any atom is -0.384 e. The van der Waals surface area contributed by atoms with Crippen LogP contribution in [-0.4, -0.2) is 16.4 Å². The molecule has 4 nitrogen and oxygen atoms in total. The third kappa shape index (κ3) is 2.69. The minimum atomic E-state index is -0.196. The fourth-order valence-electron chi connectivity index (χ4n) is 1.90. The Morgan fingerprint density at radius 3 is 2.82 bits per heavy atom. The average Bonchev–Trinajstić information content (AvgIpc) is 3.04. The SMILES string of the molecule is CC(C)(NC(=O)c1cc(N)ncc1Cl)C1CC1. The molecular weight excluding hydrogens is 238 g/mol. The Kier molecular flexibility index (Phi) is 3.00. The summed E-state index contributed by atoms with van der Waals surface area (Å²) in [6, 6.07) is 1.50. The zero-order chi connectivity index (χ0) is 12.6. The zero-order valence-electron chi connectivity index (χ0n) is 9.96. The molecule has 1 amide bonds. The summed E-state index contributed by atoms with van der Waals surface area (Å²) < 4.78 is 0. The number of hydrogen-bond donors (Lipinski definition) is 2. The highest BCUT2D eigenvalue weighted by atomic mass is 35.5. The highest BCUT2D eigenvalue weighted by molar-refractivity contribution is 6.33. The number of nitrogen functional groups attached to an aromatic ring is 1. The first kappa shape index (κ1) is 12.2. The van der Waals surface area contributed by atoms with Gasteiger partial charge in [0.15, 0.2) is 0 Å². The van der Waals surface area contributed by atoms with Crippen LogP contribution < -0.4 is 11.1 Å². The first-order chi connectivity index (χ1) is 7.90. The van der Waals surface area contributed by atoms with E-state index >= 15 is 0 Å². The lowest BCUT2D eigenvalue weighted by atomic mass is 9.98. The van der Waals surface area contributed by atoms with E-state index in [1.165, 1.54) is 25.1 Å². The molecular formula is C12H16ClN3O. The van der Waals surface area contributed by atoms with Crippen molar-refractivity contribution in [2.45, 2.75) is 32.2 Å². The molecule has 0 bridgehead atoms. The summed E-state index contributed by atoms with van der Waals surface area (Å²) in [6.07, 6.45) is 3.73. The first-order valence-corrected chi connectivity index (χ1v) is 6.01. The van der Waals surface area contributed by atoms with Crippen LogP contribution in [-0.2, 0) is 0 Å². The van der Waals surface area contributed by atoms with Gasteiger partial charge in [0, 0.05) is 11.7 Å². The van der Waals surface area contributed by atoms with Crippen molar-refractivity contribution in [3.63, 3.8) is 0 Å². The number of pyridine rings is 1. The van der Waals surface area contributed by atoms with E-state index in [0.29, 0.717) is 22.3 Å². The van der Waals surface area contributed by atoms with Crippen molar-refractivity contribution in [2.24, 2.45) is 5.92 Å². The van der Waals surface area contributed by atoms with Crippen molar-refractivity contribution >= 4 is 23.3 Å². The van der Waals surface area contributed by atoms with Crippen LogP contribution in [0.4, 0.5) is 5.82 Å². The molecule has 2 rings (SSSR count). The van der Waals surface area contributed by atoms with Crippen LogP contribution >= 0.6 is 11.6 Å². The molecule has 1 aromatic heterocycles. The standard InChI is InChI=1S/C12H16ClN3O/c1-12(2,7-3-4-7)16-11(17)8-5-10(14)15-6-9(8)13/h5-7H,3-4H2,1-2H3,(H2,14,15)(H,16,17). The Morgan fingerprint density at radius 2 is 2.24 bits per heavy atom. The second kappa shape index (κ2) is 4.18. The van der Waals surface area contributed by atoms with E-state index in [4.69, 9.17) is 17.3 Å². The number of amides is 1. The van der Waals surface area contributed by atoms with E-state index in [1.807, 2.05) is 13.8 Å². The Morgan fingerprint density at radius 1 is 1.59 bits per heavy atom. The Bertz CT molecular complexity index is 455.